The summed E-state index contributed by atoms with van der Waals surface area (Å²) in [7, 11) is 1.50. The number of benzene rings is 1. The van der Waals surface area contributed by atoms with E-state index in [0.717, 1.165) is 18.4 Å². The van der Waals surface area contributed by atoms with Gasteiger partial charge in [0, 0.05) is 12.7 Å². The van der Waals surface area contributed by atoms with Crippen LogP contribution in [0, 0.1) is 0 Å². The van der Waals surface area contributed by atoms with Gasteiger partial charge in [-0.15, -0.1) is 0 Å². The number of hydrogen-bond acceptors (Lipinski definition) is 3. The first kappa shape index (κ1) is 17.8. The Balaban J connectivity index is 2.06. The highest BCUT2D eigenvalue weighted by atomic mass is 16.6. The summed E-state index contributed by atoms with van der Waals surface area (Å²) < 4.78 is 10.2. The minimum absolute atomic E-state index is 0.0670. The largest absolute Gasteiger partial charge is 0.472 e. The summed E-state index contributed by atoms with van der Waals surface area (Å²) >= 11 is 0. The van der Waals surface area contributed by atoms with Gasteiger partial charge in [0.15, 0.2) is 6.29 Å². The molecule has 0 saturated heterocycles. The maximum absolute atomic E-state index is 9.71. The van der Waals surface area contributed by atoms with Gasteiger partial charge in [-0.25, -0.2) is 0 Å². The van der Waals surface area contributed by atoms with Crippen molar-refractivity contribution in [3.05, 3.63) is 59.5 Å². The number of hydrogen-bond donors (Lipinski definition) is 1. The fourth-order valence-corrected chi connectivity index (χ4v) is 2.80. The molecule has 0 fully saturated rings. The molecule has 0 aliphatic rings. The van der Waals surface area contributed by atoms with E-state index in [4.69, 9.17) is 9.15 Å². The molecule has 0 radical (unpaired) electrons. The van der Waals surface area contributed by atoms with Crippen molar-refractivity contribution in [2.45, 2.75) is 57.7 Å². The highest BCUT2D eigenvalue weighted by Gasteiger charge is 2.27. The van der Waals surface area contributed by atoms with E-state index < -0.39 is 6.29 Å². The maximum atomic E-state index is 9.71. The van der Waals surface area contributed by atoms with Gasteiger partial charge in [0.05, 0.1) is 12.5 Å². The van der Waals surface area contributed by atoms with Crippen molar-refractivity contribution in [1.29, 1.82) is 0 Å². The molecule has 1 atom stereocenters. The first-order valence-electron chi connectivity index (χ1n) is 8.10. The number of ether oxygens (including phenoxy) is 1. The van der Waals surface area contributed by atoms with Gasteiger partial charge in [-0.3, -0.25) is 0 Å². The Morgan fingerprint density at radius 3 is 2.00 bits per heavy atom. The fourth-order valence-electron chi connectivity index (χ4n) is 2.80. The van der Waals surface area contributed by atoms with E-state index in [2.05, 4.69) is 39.8 Å². The van der Waals surface area contributed by atoms with Crippen LogP contribution in [0.4, 0.5) is 0 Å². The third kappa shape index (κ3) is 4.24. The zero-order chi connectivity index (χ0) is 17.1. The van der Waals surface area contributed by atoms with Gasteiger partial charge >= 0.3 is 0 Å². The zero-order valence-electron chi connectivity index (χ0n) is 14.8. The second-order valence-electron chi connectivity index (χ2n) is 7.49. The Labute approximate surface area is 139 Å². The third-order valence-corrected chi connectivity index (χ3v) is 4.88. The molecule has 0 spiro atoms. The molecular formula is C20H28O3. The summed E-state index contributed by atoms with van der Waals surface area (Å²) in [6.45, 7) is 9.04. The lowest BCUT2D eigenvalue weighted by Gasteiger charge is -2.31. The van der Waals surface area contributed by atoms with E-state index in [-0.39, 0.29) is 10.8 Å². The van der Waals surface area contributed by atoms with Crippen LogP contribution >= 0.6 is 0 Å². The van der Waals surface area contributed by atoms with E-state index in [1.165, 1.54) is 18.2 Å². The van der Waals surface area contributed by atoms with Crippen LogP contribution in [0.5, 0.6) is 0 Å². The first-order valence-corrected chi connectivity index (χ1v) is 8.10. The zero-order valence-corrected chi connectivity index (χ0v) is 14.8. The number of furan rings is 1. The maximum Gasteiger partial charge on any atom is 0.180 e. The van der Waals surface area contributed by atoms with Crippen molar-refractivity contribution in [2.75, 3.05) is 7.11 Å². The van der Waals surface area contributed by atoms with E-state index in [1.807, 2.05) is 24.5 Å². The average Bonchev–Trinajstić information content (AvgIpc) is 3.08. The highest BCUT2D eigenvalue weighted by Crippen LogP contribution is 2.36. The molecule has 1 unspecified atom stereocenters. The lowest BCUT2D eigenvalue weighted by molar-refractivity contribution is -0.0769. The Hall–Kier alpha value is -1.58. The lowest BCUT2D eigenvalue weighted by Crippen LogP contribution is -2.24. The van der Waals surface area contributed by atoms with Crippen molar-refractivity contribution in [2.24, 2.45) is 0 Å². The topological polar surface area (TPSA) is 42.6 Å². The normalized spacial score (nSPS) is 14.0. The fraction of sp³-hybridized carbons (Fsp3) is 0.500. The van der Waals surface area contributed by atoms with Crippen LogP contribution in [0.3, 0.4) is 0 Å². The van der Waals surface area contributed by atoms with E-state index in [1.54, 1.807) is 6.26 Å². The van der Waals surface area contributed by atoms with Crippen molar-refractivity contribution in [3.63, 3.8) is 0 Å². The van der Waals surface area contributed by atoms with Crippen molar-refractivity contribution in [1.82, 2.24) is 0 Å². The molecule has 2 rings (SSSR count). The summed E-state index contributed by atoms with van der Waals surface area (Å²) in [4.78, 5) is 0. The van der Waals surface area contributed by atoms with E-state index in [9.17, 15) is 5.11 Å². The average molecular weight is 316 g/mol. The molecule has 126 valence electrons. The molecule has 1 aromatic carbocycles. The predicted molar refractivity (Wildman–Crippen MR) is 92.4 cm³/mol. The van der Waals surface area contributed by atoms with Gasteiger partial charge in [-0.2, -0.15) is 0 Å². The summed E-state index contributed by atoms with van der Waals surface area (Å²) in [5.74, 6) is 0. The molecule has 23 heavy (non-hydrogen) atoms. The Kier molecular flexibility index (Phi) is 5.33. The standard InChI is InChI=1S/C20H28O3/c1-19(2,11-12-20(3,4)17-10-13-23-14-17)16-8-6-15(7-9-16)18(21)22-5/h6-10,13-14,18,21H,11-12H2,1-5H3. The molecule has 1 heterocycles. The quantitative estimate of drug-likeness (QED) is 0.735. The third-order valence-electron chi connectivity index (χ3n) is 4.88. The van der Waals surface area contributed by atoms with Crippen LogP contribution in [0.1, 0.15) is 63.5 Å². The van der Waals surface area contributed by atoms with Crippen LogP contribution in [-0.2, 0) is 15.6 Å². The summed E-state index contributed by atoms with van der Waals surface area (Å²) in [6.07, 6.45) is 4.86. The van der Waals surface area contributed by atoms with Gasteiger partial charge < -0.3 is 14.3 Å². The molecule has 0 saturated carbocycles. The van der Waals surface area contributed by atoms with Gasteiger partial charge in [-0.05, 0) is 40.9 Å². The minimum atomic E-state index is -0.854. The molecule has 0 aliphatic heterocycles. The molecule has 0 bridgehead atoms. The number of aliphatic hydroxyl groups is 1. The van der Waals surface area contributed by atoms with E-state index >= 15 is 0 Å². The van der Waals surface area contributed by atoms with Crippen LogP contribution in [0.25, 0.3) is 0 Å². The van der Waals surface area contributed by atoms with Gasteiger partial charge in [0.25, 0.3) is 0 Å². The highest BCUT2D eigenvalue weighted by molar-refractivity contribution is 5.29. The second-order valence-corrected chi connectivity index (χ2v) is 7.49. The lowest BCUT2D eigenvalue weighted by atomic mass is 9.73. The van der Waals surface area contributed by atoms with Gasteiger partial charge in [0.2, 0.25) is 0 Å². The monoisotopic (exact) mass is 316 g/mol. The number of aliphatic hydroxyl groups excluding tert-OH is 1. The smallest absolute Gasteiger partial charge is 0.180 e. The van der Waals surface area contributed by atoms with Crippen LogP contribution in [0.2, 0.25) is 0 Å². The molecule has 0 aliphatic carbocycles. The van der Waals surface area contributed by atoms with Crippen molar-refractivity contribution >= 4 is 0 Å². The van der Waals surface area contributed by atoms with Crippen molar-refractivity contribution < 1.29 is 14.3 Å². The molecule has 3 nitrogen and oxygen atoms in total. The Morgan fingerprint density at radius 2 is 1.52 bits per heavy atom. The van der Waals surface area contributed by atoms with Crippen LogP contribution < -0.4 is 0 Å². The van der Waals surface area contributed by atoms with Crippen molar-refractivity contribution in [3.8, 4) is 0 Å². The number of methoxy groups -OCH3 is 1. The summed E-state index contributed by atoms with van der Waals surface area (Å²) in [6, 6.07) is 10.1. The van der Waals surface area contributed by atoms with Gasteiger partial charge in [0.1, 0.15) is 0 Å². The molecule has 2 aromatic rings. The van der Waals surface area contributed by atoms with Gasteiger partial charge in [-0.1, -0.05) is 52.0 Å². The first-order chi connectivity index (χ1) is 10.8. The summed E-state index contributed by atoms with van der Waals surface area (Å²) in [5, 5.41) is 9.71. The second kappa shape index (κ2) is 6.90. The SMILES string of the molecule is COC(O)c1ccc(C(C)(C)CCC(C)(C)c2ccoc2)cc1. The van der Waals surface area contributed by atoms with Crippen LogP contribution in [0.15, 0.2) is 47.3 Å². The summed E-state index contributed by atoms with van der Waals surface area (Å²) in [5.41, 5.74) is 3.46. The van der Waals surface area contributed by atoms with E-state index in [0.29, 0.717) is 0 Å². The predicted octanol–water partition coefficient (Wildman–Crippen LogP) is 4.95. The molecule has 0 amide bonds. The minimum Gasteiger partial charge on any atom is -0.472 e. The molecular weight excluding hydrogens is 288 g/mol. The molecule has 3 heteroatoms. The van der Waals surface area contributed by atoms with Crippen LogP contribution in [-0.4, -0.2) is 12.2 Å². The number of rotatable bonds is 7. The molecule has 1 N–H and O–H groups in total. The molecule has 1 aromatic heterocycles. The Bertz CT molecular complexity index is 594. The Morgan fingerprint density at radius 1 is 0.957 bits per heavy atom.